The smallest absolute Gasteiger partial charge is 0.126 e. The first kappa shape index (κ1) is 12.1. The molecule has 1 aromatic carbocycles. The molecule has 84 valence electrons. The first-order chi connectivity index (χ1) is 7.13. The van der Waals surface area contributed by atoms with Gasteiger partial charge in [-0.25, -0.2) is 4.39 Å². The average Bonchev–Trinajstić information content (AvgIpc) is 2.21. The molecule has 1 rings (SSSR count). The van der Waals surface area contributed by atoms with E-state index in [1.165, 1.54) is 6.07 Å². The van der Waals surface area contributed by atoms with E-state index in [1.54, 1.807) is 25.3 Å². The number of methoxy groups -OCH3 is 1. The van der Waals surface area contributed by atoms with Crippen molar-refractivity contribution in [1.29, 1.82) is 0 Å². The molecular formula is C12H17FO2. The summed E-state index contributed by atoms with van der Waals surface area (Å²) >= 11 is 0. The van der Waals surface area contributed by atoms with Gasteiger partial charge in [0.05, 0.1) is 12.2 Å². The van der Waals surface area contributed by atoms with Crippen LogP contribution in [0.5, 0.6) is 0 Å². The lowest BCUT2D eigenvalue weighted by Crippen LogP contribution is -2.19. The van der Waals surface area contributed by atoms with Crippen LogP contribution in [0.15, 0.2) is 24.3 Å². The Morgan fingerprint density at radius 3 is 2.67 bits per heavy atom. The minimum absolute atomic E-state index is 0.00762. The summed E-state index contributed by atoms with van der Waals surface area (Å²) in [5, 5.41) is 9.68. The second-order valence-corrected chi connectivity index (χ2v) is 3.73. The minimum atomic E-state index is -0.558. The summed E-state index contributed by atoms with van der Waals surface area (Å²) in [4.78, 5) is 0. The summed E-state index contributed by atoms with van der Waals surface area (Å²) in [7, 11) is 1.60. The van der Waals surface area contributed by atoms with Crippen molar-refractivity contribution in [3.8, 4) is 0 Å². The first-order valence-electron chi connectivity index (χ1n) is 5.07. The molecule has 0 spiro atoms. The predicted octanol–water partition coefficient (Wildman–Crippen LogP) is 2.15. The van der Waals surface area contributed by atoms with Crippen LogP contribution in [0.1, 0.15) is 18.9 Å². The van der Waals surface area contributed by atoms with Crippen LogP contribution in [0.4, 0.5) is 4.39 Å². The van der Waals surface area contributed by atoms with Crippen LogP contribution in [0.3, 0.4) is 0 Å². The molecule has 0 saturated carbocycles. The Kier molecular flexibility index (Phi) is 4.72. The van der Waals surface area contributed by atoms with Crippen molar-refractivity contribution in [3.05, 3.63) is 35.6 Å². The maximum atomic E-state index is 13.2. The molecule has 0 radical (unpaired) electrons. The quantitative estimate of drug-likeness (QED) is 0.810. The molecule has 0 amide bonds. The molecule has 0 heterocycles. The van der Waals surface area contributed by atoms with Crippen molar-refractivity contribution in [2.75, 3.05) is 7.11 Å². The number of aliphatic hydroxyl groups excluding tert-OH is 1. The van der Waals surface area contributed by atoms with Crippen LogP contribution in [-0.2, 0) is 11.2 Å². The number of rotatable bonds is 5. The number of halogens is 1. The Balaban J connectivity index is 2.51. The van der Waals surface area contributed by atoms with Gasteiger partial charge in [-0.15, -0.1) is 0 Å². The highest BCUT2D eigenvalue weighted by molar-refractivity contribution is 5.17. The van der Waals surface area contributed by atoms with E-state index in [1.807, 2.05) is 6.92 Å². The third kappa shape index (κ3) is 3.98. The summed E-state index contributed by atoms with van der Waals surface area (Å²) in [6.45, 7) is 1.88. The van der Waals surface area contributed by atoms with Gasteiger partial charge in [0.15, 0.2) is 0 Å². The third-order valence-electron chi connectivity index (χ3n) is 2.42. The Bertz CT molecular complexity index is 301. The molecule has 1 aromatic rings. The van der Waals surface area contributed by atoms with Gasteiger partial charge in [-0.2, -0.15) is 0 Å². The number of aliphatic hydroxyl groups is 1. The van der Waals surface area contributed by atoms with Crippen LogP contribution in [0.2, 0.25) is 0 Å². The molecule has 15 heavy (non-hydrogen) atoms. The summed E-state index contributed by atoms with van der Waals surface area (Å²) in [5.74, 6) is -0.262. The van der Waals surface area contributed by atoms with Gasteiger partial charge in [0.1, 0.15) is 5.82 Å². The maximum absolute atomic E-state index is 13.2. The lowest BCUT2D eigenvalue weighted by atomic mass is 10.0. The SMILES string of the molecule is COC(C)CC(O)Cc1ccccc1F. The van der Waals surface area contributed by atoms with Gasteiger partial charge in [0.25, 0.3) is 0 Å². The highest BCUT2D eigenvalue weighted by atomic mass is 19.1. The van der Waals surface area contributed by atoms with Gasteiger partial charge in [-0.3, -0.25) is 0 Å². The molecule has 3 heteroatoms. The van der Waals surface area contributed by atoms with Crippen LogP contribution in [0, 0.1) is 5.82 Å². The van der Waals surface area contributed by atoms with Crippen molar-refractivity contribution in [1.82, 2.24) is 0 Å². The van der Waals surface area contributed by atoms with Crippen molar-refractivity contribution in [3.63, 3.8) is 0 Å². The Morgan fingerprint density at radius 1 is 1.40 bits per heavy atom. The maximum Gasteiger partial charge on any atom is 0.126 e. The van der Waals surface area contributed by atoms with Gasteiger partial charge in [0.2, 0.25) is 0 Å². The van der Waals surface area contributed by atoms with E-state index >= 15 is 0 Å². The fourth-order valence-electron chi connectivity index (χ4n) is 1.48. The highest BCUT2D eigenvalue weighted by Gasteiger charge is 2.12. The zero-order valence-corrected chi connectivity index (χ0v) is 9.11. The lowest BCUT2D eigenvalue weighted by molar-refractivity contribution is 0.0562. The zero-order valence-electron chi connectivity index (χ0n) is 9.11. The van der Waals surface area contributed by atoms with Crippen LogP contribution in [0.25, 0.3) is 0 Å². The van der Waals surface area contributed by atoms with Crippen molar-refractivity contribution < 1.29 is 14.2 Å². The van der Waals surface area contributed by atoms with Crippen molar-refractivity contribution >= 4 is 0 Å². The van der Waals surface area contributed by atoms with E-state index in [0.29, 0.717) is 18.4 Å². The van der Waals surface area contributed by atoms with Gasteiger partial charge >= 0.3 is 0 Å². The molecule has 0 bridgehead atoms. The van der Waals surface area contributed by atoms with E-state index in [9.17, 15) is 9.50 Å². The van der Waals surface area contributed by atoms with E-state index in [2.05, 4.69) is 0 Å². The standard InChI is InChI=1S/C12H17FO2/c1-9(15-2)7-11(14)8-10-5-3-4-6-12(10)13/h3-6,9,11,14H,7-8H2,1-2H3. The molecule has 2 nitrogen and oxygen atoms in total. The number of ether oxygens (including phenoxy) is 1. The van der Waals surface area contributed by atoms with Crippen molar-refractivity contribution in [2.24, 2.45) is 0 Å². The van der Waals surface area contributed by atoms with E-state index in [0.717, 1.165) is 0 Å². The van der Waals surface area contributed by atoms with Crippen LogP contribution < -0.4 is 0 Å². The van der Waals surface area contributed by atoms with Gasteiger partial charge in [0, 0.05) is 13.5 Å². The fourth-order valence-corrected chi connectivity index (χ4v) is 1.48. The molecule has 2 unspecified atom stereocenters. The molecule has 2 atom stereocenters. The van der Waals surface area contributed by atoms with Crippen LogP contribution >= 0.6 is 0 Å². The number of hydrogen-bond donors (Lipinski definition) is 1. The molecule has 0 aliphatic heterocycles. The average molecular weight is 212 g/mol. The topological polar surface area (TPSA) is 29.5 Å². The summed E-state index contributed by atoms with van der Waals surface area (Å²) < 4.78 is 18.3. The largest absolute Gasteiger partial charge is 0.393 e. The van der Waals surface area contributed by atoms with E-state index in [-0.39, 0.29) is 11.9 Å². The molecule has 0 aromatic heterocycles. The number of hydrogen-bond acceptors (Lipinski definition) is 2. The van der Waals surface area contributed by atoms with Crippen molar-refractivity contribution in [2.45, 2.75) is 32.0 Å². The molecule has 0 aliphatic rings. The molecular weight excluding hydrogens is 195 g/mol. The second-order valence-electron chi connectivity index (χ2n) is 3.73. The monoisotopic (exact) mass is 212 g/mol. The predicted molar refractivity (Wildman–Crippen MR) is 57.2 cm³/mol. The molecule has 0 fully saturated rings. The minimum Gasteiger partial charge on any atom is -0.393 e. The third-order valence-corrected chi connectivity index (χ3v) is 2.42. The van der Waals surface area contributed by atoms with E-state index < -0.39 is 6.10 Å². The van der Waals surface area contributed by atoms with Gasteiger partial charge < -0.3 is 9.84 Å². The highest BCUT2D eigenvalue weighted by Crippen LogP contribution is 2.12. The summed E-state index contributed by atoms with van der Waals surface area (Å²) in [6.07, 6.45) is 0.286. The number of benzene rings is 1. The Labute approximate surface area is 89.7 Å². The van der Waals surface area contributed by atoms with Crippen LogP contribution in [-0.4, -0.2) is 24.4 Å². The summed E-state index contributed by atoms with van der Waals surface area (Å²) in [6, 6.07) is 6.51. The normalized spacial score (nSPS) is 14.9. The van der Waals surface area contributed by atoms with Gasteiger partial charge in [-0.1, -0.05) is 18.2 Å². The summed E-state index contributed by atoms with van der Waals surface area (Å²) in [5.41, 5.74) is 0.549. The Morgan fingerprint density at radius 2 is 2.07 bits per heavy atom. The fraction of sp³-hybridized carbons (Fsp3) is 0.500. The molecule has 0 aliphatic carbocycles. The molecule has 1 N–H and O–H groups in total. The Hall–Kier alpha value is -0.930. The zero-order chi connectivity index (χ0) is 11.3. The van der Waals surface area contributed by atoms with E-state index in [4.69, 9.17) is 4.74 Å². The van der Waals surface area contributed by atoms with Gasteiger partial charge in [-0.05, 0) is 25.0 Å². The molecule has 0 saturated heterocycles. The lowest BCUT2D eigenvalue weighted by Gasteiger charge is -2.15. The first-order valence-corrected chi connectivity index (χ1v) is 5.07. The second kappa shape index (κ2) is 5.83.